The molecule has 0 aliphatic rings. The number of halogens is 1. The number of rotatable bonds is 1. The second-order valence-electron chi connectivity index (χ2n) is 2.53. The van der Waals surface area contributed by atoms with Crippen molar-refractivity contribution in [2.24, 2.45) is 0 Å². The molecule has 68 valence electrons. The van der Waals surface area contributed by atoms with Gasteiger partial charge in [0.2, 0.25) is 5.89 Å². The lowest BCUT2D eigenvalue weighted by Crippen LogP contribution is -1.77. The van der Waals surface area contributed by atoms with E-state index in [0.29, 0.717) is 5.89 Å². The molecule has 0 unspecified atom stereocenters. The largest absolute Gasteiger partial charge is 0.408 e. The number of aromatic nitrogens is 2. The topological polar surface area (TPSA) is 62.7 Å². The van der Waals surface area contributed by atoms with Crippen molar-refractivity contribution >= 4 is 22.6 Å². The normalized spacial score (nSPS) is 9.71. The minimum atomic E-state index is -0.0152. The molecular formula is C9H4IN3O. The van der Waals surface area contributed by atoms with Crippen LogP contribution in [0.5, 0.6) is 0 Å². The summed E-state index contributed by atoms with van der Waals surface area (Å²) in [4.78, 5) is 0. The van der Waals surface area contributed by atoms with Gasteiger partial charge in [0.25, 0.3) is 0 Å². The fraction of sp³-hybridized carbons (Fsp3) is 0. The molecule has 14 heavy (non-hydrogen) atoms. The van der Waals surface area contributed by atoms with Crippen LogP contribution in [0.25, 0.3) is 11.5 Å². The zero-order chi connectivity index (χ0) is 9.97. The van der Waals surface area contributed by atoms with Crippen LogP contribution in [0.3, 0.4) is 0 Å². The van der Waals surface area contributed by atoms with Gasteiger partial charge in [-0.1, -0.05) is 5.10 Å². The summed E-state index contributed by atoms with van der Waals surface area (Å²) >= 11 is 2.21. The Labute approximate surface area is 93.7 Å². The number of hydrogen-bond acceptors (Lipinski definition) is 4. The predicted molar refractivity (Wildman–Crippen MR) is 57.2 cm³/mol. The van der Waals surface area contributed by atoms with E-state index >= 15 is 0 Å². The molecule has 0 N–H and O–H groups in total. The van der Waals surface area contributed by atoms with Crippen molar-refractivity contribution in [3.8, 4) is 17.5 Å². The molecule has 5 heteroatoms. The molecule has 0 aliphatic heterocycles. The third-order valence-electron chi connectivity index (χ3n) is 1.61. The van der Waals surface area contributed by atoms with E-state index in [2.05, 4.69) is 32.8 Å². The molecule has 4 nitrogen and oxygen atoms in total. The second-order valence-corrected chi connectivity index (χ2v) is 3.78. The molecule has 1 aromatic heterocycles. The Kier molecular flexibility index (Phi) is 2.45. The summed E-state index contributed by atoms with van der Waals surface area (Å²) in [6.07, 6.45) is 0. The van der Waals surface area contributed by atoms with Gasteiger partial charge in [0, 0.05) is 9.13 Å². The van der Waals surface area contributed by atoms with Crippen LogP contribution in [0, 0.1) is 14.9 Å². The van der Waals surface area contributed by atoms with Crippen LogP contribution in [0.2, 0.25) is 0 Å². The molecule has 2 aromatic rings. The second kappa shape index (κ2) is 3.75. The standard InChI is InChI=1S/C9H4IN3O/c10-7-3-1-6(2-4-7)9-13-12-8(5-11)14-9/h1-4H. The number of benzene rings is 1. The molecular weight excluding hydrogens is 293 g/mol. The first kappa shape index (κ1) is 9.15. The maximum atomic E-state index is 8.49. The maximum Gasteiger partial charge on any atom is 0.321 e. The van der Waals surface area contributed by atoms with Gasteiger partial charge in [-0.2, -0.15) is 5.26 Å². The van der Waals surface area contributed by atoms with Crippen LogP contribution in [-0.4, -0.2) is 10.2 Å². The molecule has 0 atom stereocenters. The van der Waals surface area contributed by atoms with E-state index in [1.54, 1.807) is 6.07 Å². The molecule has 2 rings (SSSR count). The highest BCUT2D eigenvalue weighted by atomic mass is 127. The quantitative estimate of drug-likeness (QED) is 0.757. The van der Waals surface area contributed by atoms with Gasteiger partial charge >= 0.3 is 5.89 Å². The monoisotopic (exact) mass is 297 g/mol. The summed E-state index contributed by atoms with van der Waals surface area (Å²) in [5.41, 5.74) is 0.819. The van der Waals surface area contributed by atoms with Crippen molar-refractivity contribution in [3.05, 3.63) is 33.7 Å². The van der Waals surface area contributed by atoms with Crippen LogP contribution < -0.4 is 0 Å². The highest BCUT2D eigenvalue weighted by Crippen LogP contribution is 2.18. The van der Waals surface area contributed by atoms with Crippen molar-refractivity contribution in [2.75, 3.05) is 0 Å². The summed E-state index contributed by atoms with van der Waals surface area (Å²) in [6.45, 7) is 0. The van der Waals surface area contributed by atoms with Crippen molar-refractivity contribution in [1.82, 2.24) is 10.2 Å². The van der Waals surface area contributed by atoms with Gasteiger partial charge < -0.3 is 4.42 Å². The minimum absolute atomic E-state index is 0.0152. The van der Waals surface area contributed by atoms with Crippen LogP contribution >= 0.6 is 22.6 Å². The van der Waals surface area contributed by atoms with Crippen LogP contribution in [0.4, 0.5) is 0 Å². The Hall–Kier alpha value is -1.42. The Bertz CT molecular complexity index is 484. The van der Waals surface area contributed by atoms with Gasteiger partial charge in [-0.3, -0.25) is 0 Å². The smallest absolute Gasteiger partial charge is 0.321 e. The summed E-state index contributed by atoms with van der Waals surface area (Å²) in [5.74, 6) is 0.358. The van der Waals surface area contributed by atoms with Crippen molar-refractivity contribution in [3.63, 3.8) is 0 Å². The molecule has 0 radical (unpaired) electrons. The zero-order valence-corrected chi connectivity index (χ0v) is 9.09. The van der Waals surface area contributed by atoms with Crippen molar-refractivity contribution in [1.29, 1.82) is 5.26 Å². The first-order chi connectivity index (χ1) is 6.79. The molecule has 0 saturated carbocycles. The van der Waals surface area contributed by atoms with Crippen molar-refractivity contribution in [2.45, 2.75) is 0 Å². The molecule has 0 aliphatic carbocycles. The van der Waals surface area contributed by atoms with Crippen LogP contribution in [-0.2, 0) is 0 Å². The maximum absolute atomic E-state index is 8.49. The summed E-state index contributed by atoms with van der Waals surface area (Å²) in [5, 5.41) is 15.8. The Morgan fingerprint density at radius 2 is 1.93 bits per heavy atom. The highest BCUT2D eigenvalue weighted by molar-refractivity contribution is 14.1. The van der Waals surface area contributed by atoms with E-state index in [0.717, 1.165) is 9.13 Å². The van der Waals surface area contributed by atoms with Gasteiger partial charge in [0.05, 0.1) is 0 Å². The first-order valence-corrected chi connectivity index (χ1v) is 4.87. The van der Waals surface area contributed by atoms with E-state index in [9.17, 15) is 0 Å². The fourth-order valence-electron chi connectivity index (χ4n) is 0.978. The third kappa shape index (κ3) is 1.75. The van der Waals surface area contributed by atoms with Gasteiger partial charge in [-0.25, -0.2) is 0 Å². The molecule has 0 saturated heterocycles. The Morgan fingerprint density at radius 3 is 2.50 bits per heavy atom. The van der Waals surface area contributed by atoms with E-state index in [4.69, 9.17) is 9.68 Å². The van der Waals surface area contributed by atoms with Crippen LogP contribution in [0.1, 0.15) is 5.89 Å². The molecule has 0 amide bonds. The summed E-state index contributed by atoms with van der Waals surface area (Å²) in [6, 6.07) is 9.40. The van der Waals surface area contributed by atoms with Gasteiger partial charge in [0.15, 0.2) is 6.07 Å². The molecule has 1 aromatic carbocycles. The summed E-state index contributed by atoms with van der Waals surface area (Å²) in [7, 11) is 0. The van der Waals surface area contributed by atoms with Crippen molar-refractivity contribution < 1.29 is 4.42 Å². The SMILES string of the molecule is N#Cc1nnc(-c2ccc(I)cc2)o1. The number of nitrogens with zero attached hydrogens (tertiary/aromatic N) is 3. The first-order valence-electron chi connectivity index (χ1n) is 3.79. The van der Waals surface area contributed by atoms with E-state index < -0.39 is 0 Å². The fourth-order valence-corrected chi connectivity index (χ4v) is 1.34. The highest BCUT2D eigenvalue weighted by Gasteiger charge is 2.06. The average molecular weight is 297 g/mol. The molecule has 0 bridgehead atoms. The molecule has 0 fully saturated rings. The number of hydrogen-bond donors (Lipinski definition) is 0. The zero-order valence-electron chi connectivity index (χ0n) is 6.94. The Morgan fingerprint density at radius 1 is 1.21 bits per heavy atom. The van der Waals surface area contributed by atoms with E-state index in [1.807, 2.05) is 24.3 Å². The van der Waals surface area contributed by atoms with Gasteiger partial charge in [-0.15, -0.1) is 5.10 Å². The van der Waals surface area contributed by atoms with Gasteiger partial charge in [0.1, 0.15) is 0 Å². The average Bonchev–Trinajstić information content (AvgIpc) is 2.67. The summed E-state index contributed by atoms with van der Waals surface area (Å²) < 4.78 is 6.20. The molecule has 1 heterocycles. The van der Waals surface area contributed by atoms with Gasteiger partial charge in [-0.05, 0) is 46.9 Å². The van der Waals surface area contributed by atoms with Crippen LogP contribution in [0.15, 0.2) is 28.7 Å². The molecule has 0 spiro atoms. The lowest BCUT2D eigenvalue weighted by molar-refractivity contribution is 0.553. The lowest BCUT2D eigenvalue weighted by atomic mass is 10.2. The third-order valence-corrected chi connectivity index (χ3v) is 2.33. The van der Waals surface area contributed by atoms with E-state index in [1.165, 1.54) is 0 Å². The Balaban J connectivity index is 2.40. The minimum Gasteiger partial charge on any atom is -0.408 e. The lowest BCUT2D eigenvalue weighted by Gasteiger charge is -1.93. The number of nitriles is 1. The predicted octanol–water partition coefficient (Wildman–Crippen LogP) is 2.21. The van der Waals surface area contributed by atoms with E-state index in [-0.39, 0.29) is 5.89 Å².